The van der Waals surface area contributed by atoms with Gasteiger partial charge in [0, 0.05) is 12.6 Å². The fourth-order valence-electron chi connectivity index (χ4n) is 1.94. The van der Waals surface area contributed by atoms with Crippen molar-refractivity contribution in [2.24, 2.45) is 5.92 Å². The first-order valence-corrected chi connectivity index (χ1v) is 7.42. The highest BCUT2D eigenvalue weighted by Crippen LogP contribution is 2.13. The van der Waals surface area contributed by atoms with Gasteiger partial charge in [0.05, 0.1) is 23.7 Å². The van der Waals surface area contributed by atoms with Crippen LogP contribution in [0.4, 0.5) is 0 Å². The van der Waals surface area contributed by atoms with Crippen LogP contribution < -0.4 is 5.32 Å². The zero-order valence-electron chi connectivity index (χ0n) is 9.76. The molecule has 96 valence electrons. The third-order valence-corrected chi connectivity index (χ3v) is 4.40. The van der Waals surface area contributed by atoms with E-state index in [1.807, 2.05) is 13.8 Å². The van der Waals surface area contributed by atoms with Crippen molar-refractivity contribution in [1.29, 1.82) is 0 Å². The third-order valence-electron chi connectivity index (χ3n) is 2.68. The van der Waals surface area contributed by atoms with Crippen LogP contribution in [-0.2, 0) is 9.84 Å². The minimum absolute atomic E-state index is 0.0391. The van der Waals surface area contributed by atoms with E-state index in [1.54, 1.807) is 0 Å². The molecule has 16 heavy (non-hydrogen) atoms. The van der Waals surface area contributed by atoms with Crippen molar-refractivity contribution >= 4 is 9.84 Å². The summed E-state index contributed by atoms with van der Waals surface area (Å²) in [5.74, 6) is 0.182. The molecule has 0 aliphatic carbocycles. The molecule has 0 saturated carbocycles. The Morgan fingerprint density at radius 1 is 1.38 bits per heavy atom. The van der Waals surface area contributed by atoms with Crippen molar-refractivity contribution in [1.82, 2.24) is 5.32 Å². The van der Waals surface area contributed by atoms with Gasteiger partial charge in [0.2, 0.25) is 0 Å². The van der Waals surface area contributed by atoms with Gasteiger partial charge in [0.25, 0.3) is 0 Å². The normalized spacial score (nSPS) is 30.8. The molecule has 1 rings (SSSR count). The average molecular weight is 251 g/mol. The van der Waals surface area contributed by atoms with Crippen LogP contribution in [0.1, 0.15) is 20.3 Å². The van der Waals surface area contributed by atoms with E-state index in [9.17, 15) is 18.6 Å². The Balaban J connectivity index is 2.33. The summed E-state index contributed by atoms with van der Waals surface area (Å²) in [6.07, 6.45) is -0.672. The largest absolute Gasteiger partial charge is 0.392 e. The van der Waals surface area contributed by atoms with Gasteiger partial charge in [-0.1, -0.05) is 13.8 Å². The van der Waals surface area contributed by atoms with Gasteiger partial charge in [-0.15, -0.1) is 0 Å². The van der Waals surface area contributed by atoms with Gasteiger partial charge in [0.1, 0.15) is 0 Å². The molecule has 1 fully saturated rings. The molecule has 0 radical (unpaired) electrons. The molecule has 0 bridgehead atoms. The zero-order valence-corrected chi connectivity index (χ0v) is 10.6. The van der Waals surface area contributed by atoms with E-state index < -0.39 is 28.1 Å². The minimum atomic E-state index is -3.11. The lowest BCUT2D eigenvalue weighted by Crippen LogP contribution is -2.42. The fourth-order valence-corrected chi connectivity index (χ4v) is 3.71. The number of hydrogen-bond donors (Lipinski definition) is 3. The highest BCUT2D eigenvalue weighted by atomic mass is 32.2. The molecule has 5 nitrogen and oxygen atoms in total. The predicted molar refractivity (Wildman–Crippen MR) is 61.9 cm³/mol. The van der Waals surface area contributed by atoms with E-state index in [4.69, 9.17) is 0 Å². The fraction of sp³-hybridized carbons (Fsp3) is 1.00. The van der Waals surface area contributed by atoms with Gasteiger partial charge in [-0.25, -0.2) is 8.42 Å². The molecule has 1 aliphatic heterocycles. The lowest BCUT2D eigenvalue weighted by atomic mass is 10.1. The predicted octanol–water partition coefficient (Wildman–Crippen LogP) is -0.859. The lowest BCUT2D eigenvalue weighted by Gasteiger charge is -2.19. The average Bonchev–Trinajstić information content (AvgIpc) is 2.34. The van der Waals surface area contributed by atoms with Gasteiger partial charge in [-0.05, 0) is 12.3 Å². The van der Waals surface area contributed by atoms with Crippen molar-refractivity contribution in [3.63, 3.8) is 0 Å². The highest BCUT2D eigenvalue weighted by molar-refractivity contribution is 7.91. The number of sulfone groups is 1. The summed E-state index contributed by atoms with van der Waals surface area (Å²) in [5.41, 5.74) is 0. The summed E-state index contributed by atoms with van der Waals surface area (Å²) in [6.45, 7) is 4.35. The Morgan fingerprint density at radius 3 is 2.44 bits per heavy atom. The molecule has 0 amide bonds. The standard InChI is InChI=1S/C10H21NO4S/c1-7(2)3-8(12)4-11-9-5-16(14,15)6-10(9)13/h7-13H,3-6H2,1-2H3. The number of aliphatic hydroxyl groups is 2. The zero-order chi connectivity index (χ0) is 12.3. The third kappa shape index (κ3) is 4.37. The summed E-state index contributed by atoms with van der Waals surface area (Å²) in [5, 5.41) is 22.0. The van der Waals surface area contributed by atoms with Gasteiger partial charge in [-0.2, -0.15) is 0 Å². The van der Waals surface area contributed by atoms with Crippen molar-refractivity contribution < 1.29 is 18.6 Å². The van der Waals surface area contributed by atoms with Crippen LogP contribution in [0.25, 0.3) is 0 Å². The lowest BCUT2D eigenvalue weighted by molar-refractivity contribution is 0.122. The van der Waals surface area contributed by atoms with Gasteiger partial charge < -0.3 is 15.5 Å². The Hall–Kier alpha value is -0.170. The summed E-state index contributed by atoms with van der Waals surface area (Å²) < 4.78 is 22.4. The Morgan fingerprint density at radius 2 is 2.00 bits per heavy atom. The van der Waals surface area contributed by atoms with E-state index >= 15 is 0 Å². The molecule has 1 heterocycles. The first kappa shape index (κ1) is 13.9. The molecule has 3 N–H and O–H groups in total. The number of aliphatic hydroxyl groups excluding tert-OH is 2. The van der Waals surface area contributed by atoms with Crippen molar-refractivity contribution in [2.45, 2.75) is 38.5 Å². The summed E-state index contributed by atoms with van der Waals surface area (Å²) in [4.78, 5) is 0. The minimum Gasteiger partial charge on any atom is -0.392 e. The second-order valence-corrected chi connectivity index (χ2v) is 7.10. The summed E-state index contributed by atoms with van der Waals surface area (Å²) >= 11 is 0. The van der Waals surface area contributed by atoms with Crippen LogP contribution in [0, 0.1) is 5.92 Å². The quantitative estimate of drug-likeness (QED) is 0.592. The summed E-state index contributed by atoms with van der Waals surface area (Å²) in [7, 11) is -3.11. The second-order valence-electron chi connectivity index (χ2n) is 4.94. The number of rotatable bonds is 5. The van der Waals surface area contributed by atoms with Gasteiger partial charge >= 0.3 is 0 Å². The number of nitrogens with one attached hydrogen (secondary N) is 1. The SMILES string of the molecule is CC(C)CC(O)CNC1CS(=O)(=O)CC1O. The second kappa shape index (κ2) is 5.44. The number of hydrogen-bond acceptors (Lipinski definition) is 5. The maximum Gasteiger partial charge on any atom is 0.154 e. The van der Waals surface area contributed by atoms with Crippen molar-refractivity contribution in [3.05, 3.63) is 0 Å². The monoisotopic (exact) mass is 251 g/mol. The van der Waals surface area contributed by atoms with Gasteiger partial charge in [0.15, 0.2) is 9.84 Å². The first-order valence-electron chi connectivity index (χ1n) is 5.60. The van der Waals surface area contributed by atoms with Crippen LogP contribution in [0.3, 0.4) is 0 Å². The maximum absolute atomic E-state index is 11.2. The van der Waals surface area contributed by atoms with Gasteiger partial charge in [-0.3, -0.25) is 0 Å². The molecular formula is C10H21NO4S. The van der Waals surface area contributed by atoms with Crippen LogP contribution in [0.5, 0.6) is 0 Å². The first-order chi connectivity index (χ1) is 7.30. The molecule has 0 aromatic carbocycles. The molecule has 1 aliphatic rings. The maximum atomic E-state index is 11.2. The molecule has 3 unspecified atom stereocenters. The Bertz CT molecular complexity index is 315. The van der Waals surface area contributed by atoms with E-state index in [1.165, 1.54) is 0 Å². The smallest absolute Gasteiger partial charge is 0.154 e. The molecule has 1 saturated heterocycles. The Labute approximate surface area is 96.8 Å². The van der Waals surface area contributed by atoms with Crippen LogP contribution in [-0.4, -0.2) is 54.9 Å². The van der Waals surface area contributed by atoms with Crippen molar-refractivity contribution in [2.75, 3.05) is 18.1 Å². The summed E-state index contributed by atoms with van der Waals surface area (Å²) in [6, 6.07) is -0.438. The van der Waals surface area contributed by atoms with Crippen LogP contribution >= 0.6 is 0 Å². The topological polar surface area (TPSA) is 86.6 Å². The van der Waals surface area contributed by atoms with E-state index in [2.05, 4.69) is 5.32 Å². The molecular weight excluding hydrogens is 230 g/mol. The van der Waals surface area contributed by atoms with E-state index in [-0.39, 0.29) is 11.5 Å². The molecule has 0 aromatic heterocycles. The molecule has 3 atom stereocenters. The van der Waals surface area contributed by atoms with Crippen LogP contribution in [0.2, 0.25) is 0 Å². The highest BCUT2D eigenvalue weighted by Gasteiger charge is 2.36. The molecule has 0 spiro atoms. The van der Waals surface area contributed by atoms with E-state index in [0.717, 1.165) is 0 Å². The molecule has 6 heteroatoms. The van der Waals surface area contributed by atoms with Crippen molar-refractivity contribution in [3.8, 4) is 0 Å². The van der Waals surface area contributed by atoms with Crippen LogP contribution in [0.15, 0.2) is 0 Å². The molecule has 0 aromatic rings. The Kier molecular flexibility index (Phi) is 4.73. The van der Waals surface area contributed by atoms with E-state index in [0.29, 0.717) is 18.9 Å².